The molecule has 144 valence electrons. The highest BCUT2D eigenvalue weighted by atomic mass is 16.7. The van der Waals surface area contributed by atoms with Crippen LogP contribution in [-0.2, 0) is 14.0 Å². The van der Waals surface area contributed by atoms with E-state index in [1.807, 2.05) is 72.7 Å². The first kappa shape index (κ1) is 19.6. The summed E-state index contributed by atoms with van der Waals surface area (Å²) in [6.07, 6.45) is 1.19. The number of carbonyl (C=O) groups is 1. The highest BCUT2D eigenvalue weighted by Crippen LogP contribution is 2.36. The SMILES string of the molecule is CC(C)(C)OC(=O)Nc1cc2ccc(B3OC(C)(C)C(C)(C)O3)cc2cn1. The Balaban J connectivity index is 1.79. The van der Waals surface area contributed by atoms with Crippen LogP contribution in [0, 0.1) is 0 Å². The number of anilines is 1. The Morgan fingerprint density at radius 2 is 1.70 bits per heavy atom. The molecule has 0 radical (unpaired) electrons. The van der Waals surface area contributed by atoms with Crippen molar-refractivity contribution in [3.8, 4) is 0 Å². The second-order valence-electron chi connectivity index (χ2n) is 8.89. The van der Waals surface area contributed by atoms with Crippen LogP contribution in [0.4, 0.5) is 10.6 Å². The van der Waals surface area contributed by atoms with E-state index in [0.29, 0.717) is 5.82 Å². The molecular weight excluding hydrogens is 343 g/mol. The summed E-state index contributed by atoms with van der Waals surface area (Å²) in [5.41, 5.74) is -0.382. The Morgan fingerprint density at radius 3 is 2.30 bits per heavy atom. The van der Waals surface area contributed by atoms with Gasteiger partial charge >= 0.3 is 13.2 Å². The second-order valence-corrected chi connectivity index (χ2v) is 8.89. The van der Waals surface area contributed by atoms with Crippen LogP contribution in [0.1, 0.15) is 48.5 Å². The van der Waals surface area contributed by atoms with Crippen molar-refractivity contribution in [2.45, 2.75) is 65.3 Å². The van der Waals surface area contributed by atoms with Crippen molar-refractivity contribution in [2.24, 2.45) is 0 Å². The highest BCUT2D eigenvalue weighted by molar-refractivity contribution is 6.62. The first-order valence-corrected chi connectivity index (χ1v) is 9.12. The predicted molar refractivity (Wildman–Crippen MR) is 107 cm³/mol. The Hall–Kier alpha value is -2.12. The topological polar surface area (TPSA) is 69.7 Å². The minimum absolute atomic E-state index is 0.383. The van der Waals surface area contributed by atoms with Gasteiger partial charge in [-0.15, -0.1) is 0 Å². The summed E-state index contributed by atoms with van der Waals surface area (Å²) in [6, 6.07) is 7.76. The fourth-order valence-electron chi connectivity index (χ4n) is 2.76. The van der Waals surface area contributed by atoms with E-state index >= 15 is 0 Å². The number of pyridine rings is 1. The lowest BCUT2D eigenvalue weighted by molar-refractivity contribution is 0.00578. The van der Waals surface area contributed by atoms with Gasteiger partial charge in [-0.3, -0.25) is 5.32 Å². The van der Waals surface area contributed by atoms with Gasteiger partial charge < -0.3 is 14.0 Å². The first-order chi connectivity index (χ1) is 12.4. The molecule has 0 bridgehead atoms. The van der Waals surface area contributed by atoms with E-state index in [4.69, 9.17) is 14.0 Å². The van der Waals surface area contributed by atoms with Gasteiger partial charge in [0.1, 0.15) is 11.4 Å². The number of hydrogen-bond acceptors (Lipinski definition) is 5. The maximum atomic E-state index is 11.9. The average molecular weight is 370 g/mol. The molecule has 0 saturated carbocycles. The van der Waals surface area contributed by atoms with Crippen LogP contribution in [-0.4, -0.2) is 35.0 Å². The number of carbonyl (C=O) groups excluding carboxylic acids is 1. The van der Waals surface area contributed by atoms with Gasteiger partial charge in [0.25, 0.3) is 0 Å². The number of nitrogens with one attached hydrogen (secondary N) is 1. The lowest BCUT2D eigenvalue weighted by atomic mass is 9.78. The lowest BCUT2D eigenvalue weighted by Gasteiger charge is -2.32. The number of fused-ring (bicyclic) bond motifs is 1. The van der Waals surface area contributed by atoms with Crippen LogP contribution in [0.25, 0.3) is 10.8 Å². The molecule has 2 heterocycles. The average Bonchev–Trinajstić information content (AvgIpc) is 2.73. The summed E-state index contributed by atoms with van der Waals surface area (Å²) in [6.45, 7) is 13.6. The van der Waals surface area contributed by atoms with Crippen molar-refractivity contribution in [1.82, 2.24) is 4.98 Å². The first-order valence-electron chi connectivity index (χ1n) is 9.12. The van der Waals surface area contributed by atoms with Gasteiger partial charge in [0, 0.05) is 6.20 Å². The van der Waals surface area contributed by atoms with Crippen molar-refractivity contribution in [3.05, 3.63) is 30.5 Å². The molecular formula is C20H27BN2O4. The molecule has 1 aliphatic rings. The highest BCUT2D eigenvalue weighted by Gasteiger charge is 2.51. The minimum Gasteiger partial charge on any atom is -0.444 e. The van der Waals surface area contributed by atoms with Crippen LogP contribution >= 0.6 is 0 Å². The molecule has 1 aromatic heterocycles. The van der Waals surface area contributed by atoms with Gasteiger partial charge in [0.05, 0.1) is 11.2 Å². The molecule has 3 rings (SSSR count). The number of aromatic nitrogens is 1. The smallest absolute Gasteiger partial charge is 0.444 e. The van der Waals surface area contributed by atoms with Crippen molar-refractivity contribution in [3.63, 3.8) is 0 Å². The Labute approximate surface area is 160 Å². The normalized spacial score (nSPS) is 18.6. The molecule has 1 fully saturated rings. The second kappa shape index (κ2) is 6.50. The van der Waals surface area contributed by atoms with E-state index in [1.165, 1.54) is 0 Å². The molecule has 0 atom stereocenters. The number of amides is 1. The molecule has 0 aliphatic carbocycles. The number of benzene rings is 1. The van der Waals surface area contributed by atoms with E-state index in [9.17, 15) is 4.79 Å². The van der Waals surface area contributed by atoms with E-state index in [2.05, 4.69) is 10.3 Å². The molecule has 6 nitrogen and oxygen atoms in total. The van der Waals surface area contributed by atoms with Crippen molar-refractivity contribution in [1.29, 1.82) is 0 Å². The van der Waals surface area contributed by atoms with Crippen molar-refractivity contribution < 1.29 is 18.8 Å². The summed E-state index contributed by atoms with van der Waals surface area (Å²) in [7, 11) is -0.418. The number of hydrogen-bond donors (Lipinski definition) is 1. The zero-order chi connectivity index (χ0) is 20.0. The fourth-order valence-corrected chi connectivity index (χ4v) is 2.76. The molecule has 0 unspecified atom stereocenters. The van der Waals surface area contributed by atoms with Crippen molar-refractivity contribution >= 4 is 35.3 Å². The quantitative estimate of drug-likeness (QED) is 0.813. The number of rotatable bonds is 2. The molecule has 7 heteroatoms. The molecule has 1 amide bonds. The Bertz CT molecular complexity index is 858. The maximum absolute atomic E-state index is 11.9. The molecule has 1 N–H and O–H groups in total. The Morgan fingerprint density at radius 1 is 1.07 bits per heavy atom. The fraction of sp³-hybridized carbons (Fsp3) is 0.500. The summed E-state index contributed by atoms with van der Waals surface area (Å²) in [5, 5.41) is 4.56. The molecule has 0 spiro atoms. The van der Waals surface area contributed by atoms with Gasteiger partial charge in [-0.25, -0.2) is 9.78 Å². The summed E-state index contributed by atoms with van der Waals surface area (Å²) in [4.78, 5) is 16.2. The van der Waals surface area contributed by atoms with Crippen LogP contribution < -0.4 is 10.8 Å². The Kier molecular flexibility index (Phi) is 4.72. The molecule has 1 aromatic carbocycles. The third-order valence-electron chi connectivity index (χ3n) is 4.90. The number of nitrogens with zero attached hydrogens (tertiary/aromatic N) is 1. The van der Waals surface area contributed by atoms with Gasteiger partial charge in [-0.2, -0.15) is 0 Å². The molecule has 1 aliphatic heterocycles. The van der Waals surface area contributed by atoms with Crippen LogP contribution in [0.15, 0.2) is 30.5 Å². The standard InChI is InChI=1S/C20H27BN2O4/c1-18(2,3)25-17(24)23-16-11-13-8-9-15(10-14(13)12-22-16)21-26-19(4,5)20(6,7)27-21/h8-12H,1-7H3,(H,22,23,24). The number of ether oxygens (including phenoxy) is 1. The molecule has 1 saturated heterocycles. The minimum atomic E-state index is -0.557. The van der Waals surface area contributed by atoms with Crippen molar-refractivity contribution in [2.75, 3.05) is 5.32 Å². The van der Waals surface area contributed by atoms with E-state index in [1.54, 1.807) is 6.20 Å². The predicted octanol–water partition coefficient (Wildman–Crippen LogP) is 3.88. The van der Waals surface area contributed by atoms with Gasteiger partial charge in [-0.05, 0) is 70.8 Å². The van der Waals surface area contributed by atoms with Crippen LogP contribution in [0.5, 0.6) is 0 Å². The zero-order valence-corrected chi connectivity index (χ0v) is 17.0. The monoisotopic (exact) mass is 370 g/mol. The third-order valence-corrected chi connectivity index (χ3v) is 4.90. The molecule has 27 heavy (non-hydrogen) atoms. The third kappa shape index (κ3) is 4.25. The molecule has 2 aromatic rings. The van der Waals surface area contributed by atoms with E-state index < -0.39 is 18.8 Å². The van der Waals surface area contributed by atoms with E-state index in [-0.39, 0.29) is 11.2 Å². The summed E-state index contributed by atoms with van der Waals surface area (Å²) >= 11 is 0. The summed E-state index contributed by atoms with van der Waals surface area (Å²) < 4.78 is 17.5. The largest absolute Gasteiger partial charge is 0.494 e. The van der Waals surface area contributed by atoms with Crippen LogP contribution in [0.3, 0.4) is 0 Å². The van der Waals surface area contributed by atoms with Gasteiger partial charge in [0.2, 0.25) is 0 Å². The summed E-state index contributed by atoms with van der Waals surface area (Å²) in [5.74, 6) is 0.445. The zero-order valence-electron chi connectivity index (χ0n) is 17.0. The van der Waals surface area contributed by atoms with Gasteiger partial charge in [-0.1, -0.05) is 18.2 Å². The maximum Gasteiger partial charge on any atom is 0.494 e. The lowest BCUT2D eigenvalue weighted by Crippen LogP contribution is -2.41. The van der Waals surface area contributed by atoms with Gasteiger partial charge in [0.15, 0.2) is 0 Å². The van der Waals surface area contributed by atoms with Crippen LogP contribution in [0.2, 0.25) is 0 Å². The van der Waals surface area contributed by atoms with E-state index in [0.717, 1.165) is 16.2 Å².